The highest BCUT2D eigenvalue weighted by Crippen LogP contribution is 2.30. The monoisotopic (exact) mass is 285 g/mol. The first-order valence-corrected chi connectivity index (χ1v) is 5.75. The molecule has 0 bridgehead atoms. The maximum atomic E-state index is 11.3. The van der Waals surface area contributed by atoms with Gasteiger partial charge >= 0.3 is 11.7 Å². The Balaban J connectivity index is 2.77. The van der Waals surface area contributed by atoms with Crippen LogP contribution < -0.4 is 4.74 Å². The summed E-state index contributed by atoms with van der Waals surface area (Å²) in [5.41, 5.74) is -0.169. The SMILES string of the molecule is C=C(COc1cc(Cl)ccc1[N+](=O)[O-])C(=O)OCC. The maximum absolute atomic E-state index is 11.3. The Morgan fingerprint density at radius 3 is 2.79 bits per heavy atom. The smallest absolute Gasteiger partial charge is 0.336 e. The first-order valence-electron chi connectivity index (χ1n) is 5.37. The van der Waals surface area contributed by atoms with Crippen molar-refractivity contribution in [3.8, 4) is 5.75 Å². The molecule has 1 aromatic rings. The molecule has 0 radical (unpaired) electrons. The van der Waals surface area contributed by atoms with Crippen LogP contribution in [0.1, 0.15) is 6.92 Å². The van der Waals surface area contributed by atoms with Crippen LogP contribution in [0.15, 0.2) is 30.4 Å². The molecule has 0 aromatic heterocycles. The molecule has 7 heteroatoms. The van der Waals surface area contributed by atoms with Crippen LogP contribution in [0, 0.1) is 10.1 Å². The largest absolute Gasteiger partial charge is 0.482 e. The molecule has 0 aliphatic carbocycles. The van der Waals surface area contributed by atoms with Crippen molar-refractivity contribution in [1.82, 2.24) is 0 Å². The van der Waals surface area contributed by atoms with E-state index in [2.05, 4.69) is 6.58 Å². The summed E-state index contributed by atoms with van der Waals surface area (Å²) in [6.07, 6.45) is 0. The number of nitro groups is 1. The third-order valence-electron chi connectivity index (χ3n) is 2.08. The summed E-state index contributed by atoms with van der Waals surface area (Å²) in [7, 11) is 0. The van der Waals surface area contributed by atoms with Crippen LogP contribution in [0.4, 0.5) is 5.69 Å². The predicted molar refractivity (Wildman–Crippen MR) is 69.4 cm³/mol. The molecule has 1 aromatic carbocycles. The van der Waals surface area contributed by atoms with Crippen molar-refractivity contribution in [2.24, 2.45) is 0 Å². The van der Waals surface area contributed by atoms with E-state index in [-0.39, 0.29) is 30.2 Å². The summed E-state index contributed by atoms with van der Waals surface area (Å²) in [4.78, 5) is 21.5. The Hall–Kier alpha value is -2.08. The van der Waals surface area contributed by atoms with Gasteiger partial charge < -0.3 is 9.47 Å². The molecule has 0 aliphatic rings. The summed E-state index contributed by atoms with van der Waals surface area (Å²) < 4.78 is 9.90. The number of esters is 1. The first-order chi connectivity index (χ1) is 8.95. The number of ether oxygens (including phenoxy) is 2. The molecule has 0 unspecified atom stereocenters. The normalized spacial score (nSPS) is 9.79. The van der Waals surface area contributed by atoms with Gasteiger partial charge in [-0.25, -0.2) is 4.79 Å². The summed E-state index contributed by atoms with van der Waals surface area (Å²) in [5.74, 6) is -0.630. The van der Waals surface area contributed by atoms with Crippen molar-refractivity contribution in [3.05, 3.63) is 45.5 Å². The summed E-state index contributed by atoms with van der Waals surface area (Å²) in [5, 5.41) is 11.1. The number of halogens is 1. The second-order valence-electron chi connectivity index (χ2n) is 3.48. The van der Waals surface area contributed by atoms with Crippen LogP contribution in [0.25, 0.3) is 0 Å². The van der Waals surface area contributed by atoms with Crippen molar-refractivity contribution in [1.29, 1.82) is 0 Å². The molecule has 0 saturated heterocycles. The minimum absolute atomic E-state index is 0.0250. The first kappa shape index (κ1) is 15.0. The second kappa shape index (κ2) is 6.75. The number of carbonyl (C=O) groups excluding carboxylic acids is 1. The molecule has 0 N–H and O–H groups in total. The lowest BCUT2D eigenvalue weighted by molar-refractivity contribution is -0.385. The molecular weight excluding hydrogens is 274 g/mol. The highest BCUT2D eigenvalue weighted by Gasteiger charge is 2.17. The number of nitro benzene ring substituents is 1. The number of hydrogen-bond donors (Lipinski definition) is 0. The Morgan fingerprint density at radius 2 is 2.21 bits per heavy atom. The molecule has 0 aliphatic heterocycles. The van der Waals surface area contributed by atoms with Crippen LogP contribution in [0.2, 0.25) is 5.02 Å². The van der Waals surface area contributed by atoms with E-state index in [9.17, 15) is 14.9 Å². The average molecular weight is 286 g/mol. The molecule has 0 spiro atoms. The molecule has 0 fully saturated rings. The van der Waals surface area contributed by atoms with Crippen molar-refractivity contribution < 1.29 is 19.2 Å². The lowest BCUT2D eigenvalue weighted by Crippen LogP contribution is -2.13. The fourth-order valence-electron chi connectivity index (χ4n) is 1.21. The molecule has 0 heterocycles. The zero-order valence-electron chi connectivity index (χ0n) is 10.2. The summed E-state index contributed by atoms with van der Waals surface area (Å²) in [6, 6.07) is 3.91. The lowest BCUT2D eigenvalue weighted by atomic mass is 10.3. The summed E-state index contributed by atoms with van der Waals surface area (Å²) in [6.45, 7) is 5.15. The quantitative estimate of drug-likeness (QED) is 0.347. The Bertz CT molecular complexity index is 515. The van der Waals surface area contributed by atoms with Gasteiger partial charge in [0.15, 0.2) is 5.75 Å². The van der Waals surface area contributed by atoms with Gasteiger partial charge in [-0.05, 0) is 13.0 Å². The number of nitrogens with zero attached hydrogens (tertiary/aromatic N) is 1. The van der Waals surface area contributed by atoms with E-state index in [1.165, 1.54) is 18.2 Å². The van der Waals surface area contributed by atoms with Gasteiger partial charge in [-0.1, -0.05) is 18.2 Å². The van der Waals surface area contributed by atoms with Crippen LogP contribution in [-0.2, 0) is 9.53 Å². The van der Waals surface area contributed by atoms with E-state index in [1.807, 2.05) is 0 Å². The number of carbonyl (C=O) groups is 1. The van der Waals surface area contributed by atoms with Gasteiger partial charge in [0.25, 0.3) is 0 Å². The van der Waals surface area contributed by atoms with Gasteiger partial charge in [-0.2, -0.15) is 0 Å². The van der Waals surface area contributed by atoms with Crippen LogP contribution in [-0.4, -0.2) is 24.1 Å². The van der Waals surface area contributed by atoms with Crippen molar-refractivity contribution in [3.63, 3.8) is 0 Å². The third kappa shape index (κ3) is 4.26. The standard InChI is InChI=1S/C12H12ClNO5/c1-3-18-12(15)8(2)7-19-11-6-9(13)4-5-10(11)14(16)17/h4-6H,2-3,7H2,1H3. The van der Waals surface area contributed by atoms with Crippen molar-refractivity contribution in [2.75, 3.05) is 13.2 Å². The number of hydrogen-bond acceptors (Lipinski definition) is 5. The maximum Gasteiger partial charge on any atom is 0.336 e. The Labute approximate surface area is 114 Å². The van der Waals surface area contributed by atoms with Crippen LogP contribution >= 0.6 is 11.6 Å². The highest BCUT2D eigenvalue weighted by molar-refractivity contribution is 6.30. The van der Waals surface area contributed by atoms with Gasteiger partial charge in [0, 0.05) is 17.2 Å². The zero-order chi connectivity index (χ0) is 14.4. The average Bonchev–Trinajstić information content (AvgIpc) is 2.35. The molecular formula is C12H12ClNO5. The van der Waals surface area contributed by atoms with E-state index >= 15 is 0 Å². The molecule has 0 amide bonds. The molecule has 1 rings (SSSR count). The fourth-order valence-corrected chi connectivity index (χ4v) is 1.37. The van der Waals surface area contributed by atoms with E-state index < -0.39 is 10.9 Å². The van der Waals surface area contributed by atoms with Gasteiger partial charge in [0.2, 0.25) is 0 Å². The van der Waals surface area contributed by atoms with E-state index in [1.54, 1.807) is 6.92 Å². The molecule has 0 atom stereocenters. The van der Waals surface area contributed by atoms with Crippen LogP contribution in [0.3, 0.4) is 0 Å². The van der Waals surface area contributed by atoms with E-state index in [0.29, 0.717) is 5.02 Å². The van der Waals surface area contributed by atoms with Gasteiger partial charge in [-0.15, -0.1) is 0 Å². The summed E-state index contributed by atoms with van der Waals surface area (Å²) >= 11 is 5.73. The van der Waals surface area contributed by atoms with Crippen LogP contribution in [0.5, 0.6) is 5.75 Å². The zero-order valence-corrected chi connectivity index (χ0v) is 11.0. The van der Waals surface area contributed by atoms with E-state index in [0.717, 1.165) is 0 Å². The molecule has 6 nitrogen and oxygen atoms in total. The Morgan fingerprint density at radius 1 is 1.53 bits per heavy atom. The Kier molecular flexibility index (Phi) is 5.32. The van der Waals surface area contributed by atoms with E-state index in [4.69, 9.17) is 21.1 Å². The lowest BCUT2D eigenvalue weighted by Gasteiger charge is -2.08. The number of benzene rings is 1. The molecule has 102 valence electrons. The highest BCUT2D eigenvalue weighted by atomic mass is 35.5. The van der Waals surface area contributed by atoms with Gasteiger partial charge in [0.1, 0.15) is 6.61 Å². The number of rotatable bonds is 6. The third-order valence-corrected chi connectivity index (χ3v) is 2.32. The minimum Gasteiger partial charge on any atom is -0.482 e. The fraction of sp³-hybridized carbons (Fsp3) is 0.250. The minimum atomic E-state index is -0.604. The van der Waals surface area contributed by atoms with Gasteiger partial charge in [-0.3, -0.25) is 10.1 Å². The topological polar surface area (TPSA) is 78.7 Å². The molecule has 0 saturated carbocycles. The van der Waals surface area contributed by atoms with Crippen molar-refractivity contribution in [2.45, 2.75) is 6.92 Å². The second-order valence-corrected chi connectivity index (χ2v) is 3.92. The van der Waals surface area contributed by atoms with Crippen molar-refractivity contribution >= 4 is 23.3 Å². The predicted octanol–water partition coefficient (Wildman–Crippen LogP) is 2.75. The molecule has 19 heavy (non-hydrogen) atoms. The van der Waals surface area contributed by atoms with Gasteiger partial charge in [0.05, 0.1) is 17.1 Å².